The number of benzene rings is 2. The lowest BCUT2D eigenvalue weighted by atomic mass is 10.2. The molecule has 2 aromatic carbocycles. The van der Waals surface area contributed by atoms with Crippen molar-refractivity contribution in [2.75, 3.05) is 12.0 Å². The summed E-state index contributed by atoms with van der Waals surface area (Å²) in [4.78, 5) is 20.4. The highest BCUT2D eigenvalue weighted by Gasteiger charge is 2.18. The highest BCUT2D eigenvalue weighted by atomic mass is 16.6. The van der Waals surface area contributed by atoms with Crippen molar-refractivity contribution in [2.24, 2.45) is 5.10 Å². The van der Waals surface area contributed by atoms with Crippen molar-refractivity contribution >= 4 is 23.3 Å². The maximum absolute atomic E-state index is 11.1. The molecule has 0 saturated heterocycles. The molecule has 2 aromatic rings. The van der Waals surface area contributed by atoms with Gasteiger partial charge in [0.15, 0.2) is 0 Å². The van der Waals surface area contributed by atoms with Gasteiger partial charge in [0, 0.05) is 6.07 Å². The minimum Gasteiger partial charge on any atom is -0.494 e. The SMILES string of the molecule is CCCCOc1ccc(/C=N/Nc2ccc([N+](=O)[O-])cc2[N+](=O)[O-])cc1. The Kier molecular flexibility index (Phi) is 6.60. The standard InChI is InChI=1S/C17H18N4O5/c1-2-3-10-26-15-7-4-13(5-8-15)12-18-19-16-9-6-14(20(22)23)11-17(16)21(24)25/h4-9,11-12,19H,2-3,10H2,1H3/b18-12+. The number of nitrogens with zero attached hydrogens (tertiary/aromatic N) is 3. The molecule has 0 heterocycles. The van der Waals surface area contributed by atoms with E-state index >= 15 is 0 Å². The number of nitro groups is 2. The topological polar surface area (TPSA) is 120 Å². The van der Waals surface area contributed by atoms with Gasteiger partial charge in [-0.05, 0) is 42.3 Å². The first kappa shape index (κ1) is 18.8. The summed E-state index contributed by atoms with van der Waals surface area (Å²) in [5.41, 5.74) is 2.60. The van der Waals surface area contributed by atoms with Crippen molar-refractivity contribution in [3.8, 4) is 5.75 Å². The summed E-state index contributed by atoms with van der Waals surface area (Å²) < 4.78 is 5.56. The number of rotatable bonds is 9. The van der Waals surface area contributed by atoms with Crippen molar-refractivity contribution in [3.05, 3.63) is 68.3 Å². The highest BCUT2D eigenvalue weighted by Crippen LogP contribution is 2.28. The fourth-order valence-corrected chi connectivity index (χ4v) is 2.04. The van der Waals surface area contributed by atoms with Crippen LogP contribution in [0.2, 0.25) is 0 Å². The normalized spacial score (nSPS) is 10.7. The van der Waals surface area contributed by atoms with Crippen LogP contribution in [0.5, 0.6) is 5.75 Å². The average molecular weight is 358 g/mol. The van der Waals surface area contributed by atoms with Crippen LogP contribution in [-0.4, -0.2) is 22.7 Å². The van der Waals surface area contributed by atoms with Gasteiger partial charge >= 0.3 is 5.69 Å². The Labute approximate surface area is 149 Å². The fourth-order valence-electron chi connectivity index (χ4n) is 2.04. The first-order chi connectivity index (χ1) is 12.5. The van der Waals surface area contributed by atoms with Crippen molar-refractivity contribution in [1.82, 2.24) is 0 Å². The van der Waals surface area contributed by atoms with Crippen molar-refractivity contribution in [2.45, 2.75) is 19.8 Å². The second-order valence-electron chi connectivity index (χ2n) is 5.36. The van der Waals surface area contributed by atoms with Crippen molar-refractivity contribution in [1.29, 1.82) is 0 Å². The molecule has 0 aliphatic carbocycles. The molecule has 0 spiro atoms. The van der Waals surface area contributed by atoms with Gasteiger partial charge in [0.2, 0.25) is 0 Å². The number of non-ortho nitro benzene ring substituents is 1. The van der Waals surface area contributed by atoms with Gasteiger partial charge in [0.25, 0.3) is 5.69 Å². The van der Waals surface area contributed by atoms with Crippen LogP contribution in [-0.2, 0) is 0 Å². The molecular formula is C17H18N4O5. The van der Waals surface area contributed by atoms with E-state index in [1.807, 2.05) is 12.1 Å². The maximum Gasteiger partial charge on any atom is 0.301 e. The van der Waals surface area contributed by atoms with Crippen LogP contribution in [0.1, 0.15) is 25.3 Å². The molecule has 0 unspecified atom stereocenters. The van der Waals surface area contributed by atoms with E-state index in [1.54, 1.807) is 12.1 Å². The molecule has 0 radical (unpaired) electrons. The summed E-state index contributed by atoms with van der Waals surface area (Å²) in [5, 5.41) is 25.7. The van der Waals surface area contributed by atoms with Gasteiger partial charge in [-0.15, -0.1) is 0 Å². The maximum atomic E-state index is 11.1. The molecule has 0 aliphatic rings. The van der Waals surface area contributed by atoms with E-state index in [2.05, 4.69) is 17.5 Å². The Hall–Kier alpha value is -3.49. The van der Waals surface area contributed by atoms with Gasteiger partial charge in [-0.1, -0.05) is 13.3 Å². The monoisotopic (exact) mass is 358 g/mol. The van der Waals surface area contributed by atoms with E-state index in [-0.39, 0.29) is 11.4 Å². The molecule has 26 heavy (non-hydrogen) atoms. The average Bonchev–Trinajstić information content (AvgIpc) is 2.63. The molecule has 0 atom stereocenters. The van der Waals surface area contributed by atoms with Gasteiger partial charge in [-0.25, -0.2) is 0 Å². The third-order valence-electron chi connectivity index (χ3n) is 3.43. The first-order valence-corrected chi connectivity index (χ1v) is 7.96. The lowest BCUT2D eigenvalue weighted by molar-refractivity contribution is -0.393. The van der Waals surface area contributed by atoms with Crippen LogP contribution in [0, 0.1) is 20.2 Å². The highest BCUT2D eigenvalue weighted by molar-refractivity contribution is 5.80. The molecule has 0 aromatic heterocycles. The smallest absolute Gasteiger partial charge is 0.301 e. The predicted molar refractivity (Wildman–Crippen MR) is 97.8 cm³/mol. The second-order valence-corrected chi connectivity index (χ2v) is 5.36. The molecule has 2 rings (SSSR count). The third-order valence-corrected chi connectivity index (χ3v) is 3.43. The number of ether oxygens (including phenoxy) is 1. The molecule has 1 N–H and O–H groups in total. The number of nitrogens with one attached hydrogen (secondary N) is 1. The van der Waals surface area contributed by atoms with Gasteiger partial charge in [-0.2, -0.15) is 5.10 Å². The summed E-state index contributed by atoms with van der Waals surface area (Å²) in [6.45, 7) is 2.75. The summed E-state index contributed by atoms with van der Waals surface area (Å²) in [5.74, 6) is 0.759. The number of nitro benzene ring substituents is 2. The Morgan fingerprint density at radius 1 is 1.12 bits per heavy atom. The Bertz CT molecular complexity index is 805. The third kappa shape index (κ3) is 5.26. The Morgan fingerprint density at radius 3 is 2.46 bits per heavy atom. The molecule has 0 saturated carbocycles. The number of hydrogen-bond donors (Lipinski definition) is 1. The largest absolute Gasteiger partial charge is 0.494 e. The number of hydrazone groups is 1. The Morgan fingerprint density at radius 2 is 1.85 bits per heavy atom. The lowest BCUT2D eigenvalue weighted by Gasteiger charge is -2.05. The molecule has 136 valence electrons. The minimum atomic E-state index is -0.701. The summed E-state index contributed by atoms with van der Waals surface area (Å²) in [6.07, 6.45) is 3.54. The van der Waals surface area contributed by atoms with E-state index in [0.29, 0.717) is 6.61 Å². The number of hydrogen-bond acceptors (Lipinski definition) is 7. The van der Waals surface area contributed by atoms with Crippen LogP contribution in [0.25, 0.3) is 0 Å². The molecule has 0 bridgehead atoms. The van der Waals surface area contributed by atoms with Crippen LogP contribution in [0.15, 0.2) is 47.6 Å². The Balaban J connectivity index is 2.03. The summed E-state index contributed by atoms with van der Waals surface area (Å²) >= 11 is 0. The fraction of sp³-hybridized carbons (Fsp3) is 0.235. The van der Waals surface area contributed by atoms with Gasteiger partial charge in [0.05, 0.1) is 28.7 Å². The molecule has 9 nitrogen and oxygen atoms in total. The molecule has 0 fully saturated rings. The van der Waals surface area contributed by atoms with E-state index < -0.39 is 15.5 Å². The molecule has 0 amide bonds. The van der Waals surface area contributed by atoms with Crippen LogP contribution in [0.4, 0.5) is 17.1 Å². The minimum absolute atomic E-state index is 0.0661. The lowest BCUT2D eigenvalue weighted by Crippen LogP contribution is -1.99. The predicted octanol–water partition coefficient (Wildman–Crippen LogP) is 4.13. The van der Waals surface area contributed by atoms with Crippen molar-refractivity contribution in [3.63, 3.8) is 0 Å². The van der Waals surface area contributed by atoms with Gasteiger partial charge < -0.3 is 4.74 Å². The zero-order valence-electron chi connectivity index (χ0n) is 14.1. The molecular weight excluding hydrogens is 340 g/mol. The first-order valence-electron chi connectivity index (χ1n) is 7.96. The van der Waals surface area contributed by atoms with Crippen LogP contribution < -0.4 is 10.2 Å². The molecule has 0 aliphatic heterocycles. The van der Waals surface area contributed by atoms with E-state index in [1.165, 1.54) is 18.3 Å². The number of unbranched alkanes of at least 4 members (excludes halogenated alkanes) is 1. The van der Waals surface area contributed by atoms with E-state index in [0.717, 1.165) is 30.2 Å². The number of anilines is 1. The molecule has 9 heteroatoms. The zero-order chi connectivity index (χ0) is 18.9. The van der Waals surface area contributed by atoms with Gasteiger partial charge in [0.1, 0.15) is 11.4 Å². The van der Waals surface area contributed by atoms with E-state index in [9.17, 15) is 20.2 Å². The summed E-state index contributed by atoms with van der Waals surface area (Å²) in [7, 11) is 0. The van der Waals surface area contributed by atoms with Crippen LogP contribution >= 0.6 is 0 Å². The van der Waals surface area contributed by atoms with Crippen LogP contribution in [0.3, 0.4) is 0 Å². The van der Waals surface area contributed by atoms with Gasteiger partial charge in [-0.3, -0.25) is 25.7 Å². The van der Waals surface area contributed by atoms with E-state index in [4.69, 9.17) is 4.74 Å². The van der Waals surface area contributed by atoms with Crippen molar-refractivity contribution < 1.29 is 14.6 Å². The summed E-state index contributed by atoms with van der Waals surface area (Å²) in [6, 6.07) is 10.5. The second kappa shape index (κ2) is 9.11. The zero-order valence-corrected chi connectivity index (χ0v) is 14.1. The quantitative estimate of drug-likeness (QED) is 0.311.